The Bertz CT molecular complexity index is 907. The molecule has 0 aromatic heterocycles. The molecule has 0 saturated heterocycles. The molecule has 0 bridgehead atoms. The van der Waals surface area contributed by atoms with Crippen molar-refractivity contribution in [2.45, 2.75) is 0 Å². The van der Waals surface area contributed by atoms with E-state index in [9.17, 15) is 10.1 Å². The molecule has 25 heavy (non-hydrogen) atoms. The third kappa shape index (κ3) is 5.23. The third-order valence-electron chi connectivity index (χ3n) is 3.02. The zero-order valence-corrected chi connectivity index (χ0v) is 17.1. The van der Waals surface area contributed by atoms with Crippen LogP contribution < -0.4 is 4.74 Å². The summed E-state index contributed by atoms with van der Waals surface area (Å²) >= 11 is 18.8. The standard InChI is InChI=1S/C17H9Br2Cl2NO3/c18-11-4-9(17(14(19)5-11)25-8-16(23)24)3-10(7-22)13-2-1-12(20)6-15(13)21/h1-6H,8H2,(H,23,24)/b10-3+. The highest BCUT2D eigenvalue weighted by Gasteiger charge is 2.13. The van der Waals surface area contributed by atoms with Crippen LogP contribution in [-0.2, 0) is 4.79 Å². The van der Waals surface area contributed by atoms with E-state index in [1.165, 1.54) is 0 Å². The molecule has 1 N–H and O–H groups in total. The molecule has 0 fully saturated rings. The summed E-state index contributed by atoms with van der Waals surface area (Å²) < 4.78 is 6.62. The number of carboxylic acid groups (broad SMARTS) is 1. The van der Waals surface area contributed by atoms with Gasteiger partial charge < -0.3 is 9.84 Å². The second-order valence-corrected chi connectivity index (χ2v) is 7.40. The lowest BCUT2D eigenvalue weighted by Crippen LogP contribution is -2.10. The van der Waals surface area contributed by atoms with Crippen LogP contribution in [-0.4, -0.2) is 17.7 Å². The minimum atomic E-state index is -1.11. The van der Waals surface area contributed by atoms with Gasteiger partial charge >= 0.3 is 5.97 Å². The van der Waals surface area contributed by atoms with Gasteiger partial charge in [0.25, 0.3) is 0 Å². The fraction of sp³-hybridized carbons (Fsp3) is 0.0588. The molecule has 2 rings (SSSR count). The van der Waals surface area contributed by atoms with Gasteiger partial charge in [0.2, 0.25) is 0 Å². The van der Waals surface area contributed by atoms with Gasteiger partial charge in [-0.1, -0.05) is 45.2 Å². The van der Waals surface area contributed by atoms with Crippen molar-refractivity contribution in [2.24, 2.45) is 0 Å². The highest BCUT2D eigenvalue weighted by Crippen LogP contribution is 2.36. The summed E-state index contributed by atoms with van der Waals surface area (Å²) in [6.45, 7) is -0.509. The highest BCUT2D eigenvalue weighted by atomic mass is 79.9. The van der Waals surface area contributed by atoms with Gasteiger partial charge in [0.1, 0.15) is 5.75 Å². The number of allylic oxidation sites excluding steroid dienone is 1. The van der Waals surface area contributed by atoms with Crippen LogP contribution in [0.3, 0.4) is 0 Å². The van der Waals surface area contributed by atoms with Gasteiger partial charge in [0, 0.05) is 20.6 Å². The maximum Gasteiger partial charge on any atom is 0.341 e. The van der Waals surface area contributed by atoms with E-state index < -0.39 is 12.6 Å². The van der Waals surface area contributed by atoms with E-state index in [1.54, 1.807) is 36.4 Å². The Balaban J connectivity index is 2.56. The first-order chi connectivity index (χ1) is 11.8. The summed E-state index contributed by atoms with van der Waals surface area (Å²) in [6, 6.07) is 10.3. The summed E-state index contributed by atoms with van der Waals surface area (Å²) in [5, 5.41) is 19.1. The summed E-state index contributed by atoms with van der Waals surface area (Å²) in [7, 11) is 0. The Morgan fingerprint density at radius 3 is 2.60 bits per heavy atom. The first-order valence-corrected chi connectivity index (χ1v) is 9.07. The molecular weight excluding hydrogens is 497 g/mol. The lowest BCUT2D eigenvalue weighted by molar-refractivity contribution is -0.139. The minimum Gasteiger partial charge on any atom is -0.480 e. The quantitative estimate of drug-likeness (QED) is 0.397. The largest absolute Gasteiger partial charge is 0.480 e. The molecule has 128 valence electrons. The average molecular weight is 506 g/mol. The van der Waals surface area contributed by atoms with Gasteiger partial charge in [0.05, 0.1) is 21.1 Å². The zero-order valence-electron chi connectivity index (χ0n) is 12.4. The van der Waals surface area contributed by atoms with Crippen LogP contribution in [0.1, 0.15) is 11.1 Å². The number of aliphatic carboxylic acids is 1. The Labute approximate surface area is 170 Å². The van der Waals surface area contributed by atoms with Crippen molar-refractivity contribution in [1.82, 2.24) is 0 Å². The number of benzene rings is 2. The molecule has 0 radical (unpaired) electrons. The molecule has 2 aromatic rings. The number of halogens is 4. The monoisotopic (exact) mass is 503 g/mol. The van der Waals surface area contributed by atoms with Crippen molar-refractivity contribution in [3.05, 3.63) is 60.4 Å². The van der Waals surface area contributed by atoms with E-state index in [0.717, 1.165) is 4.47 Å². The molecule has 0 atom stereocenters. The van der Waals surface area contributed by atoms with Gasteiger partial charge in [-0.05, 0) is 46.3 Å². The van der Waals surface area contributed by atoms with Gasteiger partial charge in [-0.25, -0.2) is 4.79 Å². The smallest absolute Gasteiger partial charge is 0.341 e. The molecule has 8 heteroatoms. The number of carboxylic acids is 1. The molecule has 0 spiro atoms. The van der Waals surface area contributed by atoms with Crippen LogP contribution in [0.4, 0.5) is 0 Å². The van der Waals surface area contributed by atoms with Crippen molar-refractivity contribution in [3.63, 3.8) is 0 Å². The Kier molecular flexibility index (Phi) is 6.91. The van der Waals surface area contributed by atoms with Gasteiger partial charge in [-0.2, -0.15) is 5.26 Å². The molecule has 0 amide bonds. The normalized spacial score (nSPS) is 11.1. The summed E-state index contributed by atoms with van der Waals surface area (Å²) in [5.41, 5.74) is 1.31. The first-order valence-electron chi connectivity index (χ1n) is 6.72. The Morgan fingerprint density at radius 1 is 1.28 bits per heavy atom. The number of rotatable bonds is 5. The van der Waals surface area contributed by atoms with E-state index in [2.05, 4.69) is 37.9 Å². The Morgan fingerprint density at radius 2 is 2.00 bits per heavy atom. The molecule has 0 heterocycles. The maximum absolute atomic E-state index is 10.8. The van der Waals surface area contributed by atoms with Crippen molar-refractivity contribution in [3.8, 4) is 11.8 Å². The lowest BCUT2D eigenvalue weighted by Gasteiger charge is -2.11. The van der Waals surface area contributed by atoms with Crippen molar-refractivity contribution >= 4 is 72.7 Å². The molecule has 0 unspecified atom stereocenters. The predicted molar refractivity (Wildman–Crippen MR) is 105 cm³/mol. The maximum atomic E-state index is 10.8. The molecule has 0 aliphatic heterocycles. The fourth-order valence-corrected chi connectivity index (χ4v) is 3.89. The lowest BCUT2D eigenvalue weighted by atomic mass is 10.0. The highest BCUT2D eigenvalue weighted by molar-refractivity contribution is 9.11. The van der Waals surface area contributed by atoms with Crippen LogP contribution in [0.2, 0.25) is 10.0 Å². The summed E-state index contributed by atoms with van der Waals surface area (Å²) in [5.74, 6) is -0.797. The second kappa shape index (κ2) is 8.72. The molecule has 0 aliphatic rings. The van der Waals surface area contributed by atoms with E-state index in [1.807, 2.05) is 0 Å². The van der Waals surface area contributed by atoms with Crippen LogP contribution >= 0.6 is 55.1 Å². The number of ether oxygens (including phenoxy) is 1. The molecule has 0 aliphatic carbocycles. The van der Waals surface area contributed by atoms with E-state index >= 15 is 0 Å². The second-order valence-electron chi connectivity index (χ2n) is 4.78. The SMILES string of the molecule is N#C/C(=C\c1cc(Br)cc(Br)c1OCC(=O)O)c1ccc(Cl)cc1Cl. The van der Waals surface area contributed by atoms with Crippen LogP contribution in [0.15, 0.2) is 39.3 Å². The number of hydrogen-bond donors (Lipinski definition) is 1. The van der Waals surface area contributed by atoms with Gasteiger partial charge in [0.15, 0.2) is 6.61 Å². The van der Waals surface area contributed by atoms with E-state index in [-0.39, 0.29) is 5.57 Å². The van der Waals surface area contributed by atoms with Gasteiger partial charge in [-0.3, -0.25) is 0 Å². The number of nitrogens with zero attached hydrogens (tertiary/aromatic N) is 1. The van der Waals surface area contributed by atoms with E-state index in [0.29, 0.717) is 31.4 Å². The molecule has 0 saturated carbocycles. The molecular formula is C17H9Br2Cl2NO3. The summed E-state index contributed by atoms with van der Waals surface area (Å²) in [4.78, 5) is 10.8. The number of carbonyl (C=O) groups is 1. The number of nitriles is 1. The molecule has 4 nitrogen and oxygen atoms in total. The molecule has 2 aromatic carbocycles. The average Bonchev–Trinajstić information content (AvgIpc) is 2.51. The summed E-state index contributed by atoms with van der Waals surface area (Å²) in [6.07, 6.45) is 1.57. The van der Waals surface area contributed by atoms with Crippen LogP contribution in [0, 0.1) is 11.3 Å². The zero-order chi connectivity index (χ0) is 18.6. The fourth-order valence-electron chi connectivity index (χ4n) is 2.01. The minimum absolute atomic E-state index is 0.284. The Hall–Kier alpha value is -1.52. The topological polar surface area (TPSA) is 70.3 Å². The van der Waals surface area contributed by atoms with Crippen LogP contribution in [0.5, 0.6) is 5.75 Å². The van der Waals surface area contributed by atoms with Crippen molar-refractivity contribution in [1.29, 1.82) is 5.26 Å². The van der Waals surface area contributed by atoms with E-state index in [4.69, 9.17) is 33.0 Å². The first kappa shape index (κ1) is 19.8. The third-order valence-corrected chi connectivity index (χ3v) is 4.61. The van der Waals surface area contributed by atoms with Crippen molar-refractivity contribution in [2.75, 3.05) is 6.61 Å². The van der Waals surface area contributed by atoms with Crippen LogP contribution in [0.25, 0.3) is 11.6 Å². The predicted octanol–water partition coefficient (Wildman–Crippen LogP) is 6.05. The van der Waals surface area contributed by atoms with Crippen molar-refractivity contribution < 1.29 is 14.6 Å². The van der Waals surface area contributed by atoms with Gasteiger partial charge in [-0.15, -0.1) is 0 Å². The number of hydrogen-bond acceptors (Lipinski definition) is 3.